The Morgan fingerprint density at radius 2 is 1.18 bits per heavy atom. The Hall–Kier alpha value is -4.27. The fourth-order valence-corrected chi connectivity index (χ4v) is 3.55. The Morgan fingerprint density at radius 1 is 0.709 bits per heavy atom. The maximum absolute atomic E-state index is 15.2. The third-order valence-electron chi connectivity index (χ3n) is 6.33. The van der Waals surface area contributed by atoms with E-state index >= 15 is 4.39 Å². The molecule has 0 radical (unpaired) electrons. The van der Waals surface area contributed by atoms with Crippen LogP contribution < -0.4 is 0 Å². The Labute approximate surface area is 302 Å². The Bertz CT molecular complexity index is 1500. The standard InChI is InChI=1S/C32H31F15O8/c1-5-17(14-53-22(49)8-4)20(6-2)55-18(15-50-9-11-52-21(48)7-3)16-51-10-12-54-30(42,31(43,44)32(45,46)47)29(41)28(40)27(39)26(38)25(37)24(36)23(35)19(34)13-33/h1,7-8,17-18,20H,3-4,6,9-16H2,2H3/b23-19+,25-24+,27-26+,29-28+. The van der Waals surface area contributed by atoms with E-state index < -0.39 is 134 Å². The molecule has 0 heterocycles. The van der Waals surface area contributed by atoms with Crippen molar-refractivity contribution in [2.45, 2.75) is 43.5 Å². The van der Waals surface area contributed by atoms with E-state index in [4.69, 9.17) is 25.4 Å². The minimum atomic E-state index is -7.19. The molecule has 4 unspecified atom stereocenters. The molecule has 0 spiro atoms. The van der Waals surface area contributed by atoms with Crippen LogP contribution in [-0.2, 0) is 38.0 Å². The van der Waals surface area contributed by atoms with Crippen LogP contribution in [0.3, 0.4) is 0 Å². The summed E-state index contributed by atoms with van der Waals surface area (Å²) < 4.78 is 234. The summed E-state index contributed by atoms with van der Waals surface area (Å²) >= 11 is 0. The van der Waals surface area contributed by atoms with Gasteiger partial charge in [-0.3, -0.25) is 0 Å². The van der Waals surface area contributed by atoms with E-state index in [1.54, 1.807) is 6.92 Å². The third-order valence-corrected chi connectivity index (χ3v) is 6.33. The molecule has 0 saturated carbocycles. The van der Waals surface area contributed by atoms with Crippen molar-refractivity contribution < 1.29 is 104 Å². The van der Waals surface area contributed by atoms with Gasteiger partial charge in [-0.1, -0.05) is 26.0 Å². The van der Waals surface area contributed by atoms with Gasteiger partial charge in [0.05, 0.1) is 45.1 Å². The van der Waals surface area contributed by atoms with Crippen molar-refractivity contribution in [3.8, 4) is 12.3 Å². The molecular weight excluding hydrogens is 797 g/mol. The number of carbonyl (C=O) groups excluding carboxylic acids is 2. The zero-order valence-corrected chi connectivity index (χ0v) is 28.2. The first-order valence-corrected chi connectivity index (χ1v) is 14.9. The molecule has 0 aromatic carbocycles. The SMILES string of the molecule is C#CC(COC(=O)C=C)C(CC)OC(COCCOC(=O)C=C)COCCOC(F)(/C(F)=C(F)/C(F)=C(F)/C(F)=C(F)/C(F)=C(\F)CF)C(F)(F)C(F)(F)F. The number of halogens is 15. The monoisotopic (exact) mass is 828 g/mol. The first-order chi connectivity index (χ1) is 25.5. The summed E-state index contributed by atoms with van der Waals surface area (Å²) in [5.74, 6) is -43.0. The van der Waals surface area contributed by atoms with Crippen molar-refractivity contribution in [3.05, 3.63) is 71.9 Å². The normalized spacial score (nSPS) is 16.9. The van der Waals surface area contributed by atoms with Crippen molar-refractivity contribution in [1.29, 1.82) is 0 Å². The molecule has 0 amide bonds. The number of allylic oxidation sites excluding steroid dienone is 7. The number of rotatable bonds is 25. The largest absolute Gasteiger partial charge is 0.461 e. The molecule has 55 heavy (non-hydrogen) atoms. The lowest BCUT2D eigenvalue weighted by atomic mass is 10.0. The minimum Gasteiger partial charge on any atom is -0.461 e. The highest BCUT2D eigenvalue weighted by Crippen LogP contribution is 2.51. The average Bonchev–Trinajstić information content (AvgIpc) is 3.16. The number of hydrogen-bond acceptors (Lipinski definition) is 8. The van der Waals surface area contributed by atoms with Crippen LogP contribution in [-0.4, -0.2) is 95.0 Å². The van der Waals surface area contributed by atoms with Crippen molar-refractivity contribution in [3.63, 3.8) is 0 Å². The van der Waals surface area contributed by atoms with Crippen LogP contribution in [0.4, 0.5) is 65.9 Å². The number of ether oxygens (including phenoxy) is 6. The van der Waals surface area contributed by atoms with E-state index in [1.807, 2.05) is 0 Å². The first kappa shape index (κ1) is 50.7. The molecular formula is C32H31F15O8. The maximum atomic E-state index is 15.2. The highest BCUT2D eigenvalue weighted by molar-refractivity contribution is 5.81. The van der Waals surface area contributed by atoms with Gasteiger partial charge in [-0.05, 0) is 6.42 Å². The molecule has 23 heteroatoms. The second kappa shape index (κ2) is 23.6. The van der Waals surface area contributed by atoms with Gasteiger partial charge in [0.15, 0.2) is 23.3 Å². The summed E-state index contributed by atoms with van der Waals surface area (Å²) in [4.78, 5) is 22.6. The Kier molecular flexibility index (Phi) is 21.8. The van der Waals surface area contributed by atoms with Gasteiger partial charge in [-0.15, -0.1) is 6.42 Å². The molecule has 0 fully saturated rings. The van der Waals surface area contributed by atoms with Crippen LogP contribution in [0.2, 0.25) is 0 Å². The quantitative estimate of drug-likeness (QED) is 0.0227. The van der Waals surface area contributed by atoms with Gasteiger partial charge in [0, 0.05) is 12.2 Å². The lowest BCUT2D eigenvalue weighted by Gasteiger charge is -2.33. The second-order valence-corrected chi connectivity index (χ2v) is 10.1. The topological polar surface area (TPSA) is 89.5 Å². The van der Waals surface area contributed by atoms with Gasteiger partial charge >= 0.3 is 29.9 Å². The second-order valence-electron chi connectivity index (χ2n) is 10.1. The first-order valence-electron chi connectivity index (χ1n) is 14.9. The van der Waals surface area contributed by atoms with Crippen molar-refractivity contribution in [2.75, 3.05) is 52.9 Å². The van der Waals surface area contributed by atoms with Crippen LogP contribution in [0, 0.1) is 18.3 Å². The molecule has 0 bridgehead atoms. The molecule has 0 rings (SSSR count). The van der Waals surface area contributed by atoms with Crippen molar-refractivity contribution in [2.24, 2.45) is 5.92 Å². The van der Waals surface area contributed by atoms with Gasteiger partial charge < -0.3 is 28.4 Å². The summed E-state index contributed by atoms with van der Waals surface area (Å²) in [5.41, 5.74) is 0. The lowest BCUT2D eigenvalue weighted by Crippen LogP contribution is -2.57. The molecule has 0 aromatic heterocycles. The molecule has 0 aliphatic rings. The number of alkyl halides is 7. The number of carbonyl (C=O) groups is 2. The fraction of sp³-hybridized carbons (Fsp3) is 0.500. The van der Waals surface area contributed by atoms with Gasteiger partial charge in [-0.25, -0.2) is 49.1 Å². The van der Waals surface area contributed by atoms with Crippen LogP contribution in [0.1, 0.15) is 13.3 Å². The van der Waals surface area contributed by atoms with E-state index in [2.05, 4.69) is 28.6 Å². The van der Waals surface area contributed by atoms with Crippen LogP contribution in [0.25, 0.3) is 0 Å². The van der Waals surface area contributed by atoms with E-state index in [9.17, 15) is 71.1 Å². The van der Waals surface area contributed by atoms with E-state index in [0.29, 0.717) is 0 Å². The average molecular weight is 829 g/mol. The highest BCUT2D eigenvalue weighted by Gasteiger charge is 2.75. The van der Waals surface area contributed by atoms with Crippen molar-refractivity contribution in [1.82, 2.24) is 0 Å². The van der Waals surface area contributed by atoms with Crippen LogP contribution in [0.5, 0.6) is 0 Å². The van der Waals surface area contributed by atoms with Gasteiger partial charge in [0.1, 0.15) is 26.0 Å². The fourth-order valence-electron chi connectivity index (χ4n) is 3.55. The van der Waals surface area contributed by atoms with Crippen LogP contribution in [0.15, 0.2) is 71.9 Å². The number of hydrogen-bond donors (Lipinski definition) is 0. The predicted octanol–water partition coefficient (Wildman–Crippen LogP) is 8.34. The molecule has 0 N–H and O–H groups in total. The zero-order chi connectivity index (χ0) is 42.7. The van der Waals surface area contributed by atoms with Crippen molar-refractivity contribution >= 4 is 11.9 Å². The van der Waals surface area contributed by atoms with Crippen LogP contribution >= 0.6 is 0 Å². The maximum Gasteiger partial charge on any atom is 0.460 e. The summed E-state index contributed by atoms with van der Waals surface area (Å²) in [6.07, 6.45) is -2.25. The minimum absolute atomic E-state index is 0.100. The lowest BCUT2D eigenvalue weighted by molar-refractivity contribution is -0.376. The predicted molar refractivity (Wildman–Crippen MR) is 159 cm³/mol. The molecule has 0 aromatic rings. The van der Waals surface area contributed by atoms with E-state index in [1.165, 1.54) is 0 Å². The molecule has 0 saturated heterocycles. The smallest absolute Gasteiger partial charge is 0.460 e. The molecule has 4 atom stereocenters. The molecule has 312 valence electrons. The third kappa shape index (κ3) is 14.7. The zero-order valence-electron chi connectivity index (χ0n) is 28.2. The molecule has 0 aliphatic heterocycles. The number of terminal acetylenes is 1. The van der Waals surface area contributed by atoms with Gasteiger partial charge in [0.2, 0.25) is 23.3 Å². The van der Waals surface area contributed by atoms with Gasteiger partial charge in [0.25, 0.3) is 0 Å². The number of esters is 2. The summed E-state index contributed by atoms with van der Waals surface area (Å²) in [7, 11) is 0. The molecule has 8 nitrogen and oxygen atoms in total. The van der Waals surface area contributed by atoms with Gasteiger partial charge in [-0.2, -0.15) is 26.3 Å². The summed E-state index contributed by atoms with van der Waals surface area (Å²) in [5, 5.41) is 0. The Morgan fingerprint density at radius 3 is 1.64 bits per heavy atom. The Balaban J connectivity index is 6.38. The summed E-state index contributed by atoms with van der Waals surface area (Å²) in [6, 6.07) is 0. The van der Waals surface area contributed by atoms with E-state index in [-0.39, 0.29) is 19.6 Å². The highest BCUT2D eigenvalue weighted by atomic mass is 19.4. The molecule has 0 aliphatic carbocycles. The van der Waals surface area contributed by atoms with E-state index in [0.717, 1.165) is 12.2 Å². The summed E-state index contributed by atoms with van der Waals surface area (Å²) in [6.45, 7) is -0.121.